The zero-order valence-electron chi connectivity index (χ0n) is 14.8. The number of anilines is 1. The summed E-state index contributed by atoms with van der Waals surface area (Å²) in [5.41, 5.74) is 0.717. The Hall–Kier alpha value is -2.42. The third-order valence-corrected chi connectivity index (χ3v) is 6.59. The van der Waals surface area contributed by atoms with Crippen LogP contribution in [0.2, 0.25) is 10.0 Å². The van der Waals surface area contributed by atoms with Crippen LogP contribution in [-0.4, -0.2) is 29.8 Å². The minimum absolute atomic E-state index is 0.120. The predicted molar refractivity (Wildman–Crippen MR) is 106 cm³/mol. The monoisotopic (exact) mass is 439 g/mol. The standard InChI is InChI=1S/C18H15Cl2N3O4S/c1-10(2)28(25,26)13-6-3-11(4-7-13)17-22-23-18(27-17)21-16(24)14-8-5-12(19)9-15(14)20/h3-10H,1-2H3,(H,21,23,24). The fraction of sp³-hybridized carbons (Fsp3) is 0.167. The van der Waals surface area contributed by atoms with Crippen LogP contribution in [0.4, 0.5) is 6.01 Å². The Morgan fingerprint density at radius 1 is 1.07 bits per heavy atom. The van der Waals surface area contributed by atoms with Gasteiger partial charge in [0, 0.05) is 10.6 Å². The van der Waals surface area contributed by atoms with Crippen LogP contribution in [0.5, 0.6) is 0 Å². The fourth-order valence-electron chi connectivity index (χ4n) is 2.29. The molecule has 10 heteroatoms. The van der Waals surface area contributed by atoms with Gasteiger partial charge >= 0.3 is 6.01 Å². The first-order valence-electron chi connectivity index (χ1n) is 8.12. The van der Waals surface area contributed by atoms with Crippen molar-refractivity contribution in [3.05, 3.63) is 58.1 Å². The smallest absolute Gasteiger partial charge is 0.322 e. The number of benzene rings is 2. The van der Waals surface area contributed by atoms with Crippen molar-refractivity contribution in [3.63, 3.8) is 0 Å². The molecule has 1 heterocycles. The summed E-state index contributed by atoms with van der Waals surface area (Å²) in [5.74, 6) is -0.402. The maximum absolute atomic E-state index is 12.3. The molecule has 0 aliphatic rings. The Morgan fingerprint density at radius 3 is 2.36 bits per heavy atom. The molecule has 3 rings (SSSR count). The van der Waals surface area contributed by atoms with Crippen molar-refractivity contribution in [2.45, 2.75) is 24.0 Å². The molecule has 1 aromatic heterocycles. The first-order chi connectivity index (χ1) is 13.2. The number of nitrogens with one attached hydrogen (secondary N) is 1. The zero-order valence-corrected chi connectivity index (χ0v) is 17.1. The molecule has 0 unspecified atom stereocenters. The second kappa shape index (κ2) is 7.90. The van der Waals surface area contributed by atoms with E-state index >= 15 is 0 Å². The van der Waals surface area contributed by atoms with E-state index in [0.717, 1.165) is 0 Å². The number of sulfone groups is 1. The number of amides is 1. The zero-order chi connectivity index (χ0) is 20.5. The van der Waals surface area contributed by atoms with E-state index in [1.165, 1.54) is 30.3 Å². The number of halogens is 2. The minimum atomic E-state index is -3.37. The molecule has 0 spiro atoms. The Kier molecular flexibility index (Phi) is 5.74. The minimum Gasteiger partial charge on any atom is -0.403 e. The summed E-state index contributed by atoms with van der Waals surface area (Å²) in [6.07, 6.45) is 0. The second-order valence-corrected chi connectivity index (χ2v) is 9.46. The first-order valence-corrected chi connectivity index (χ1v) is 10.4. The van der Waals surface area contributed by atoms with Gasteiger partial charge in [-0.3, -0.25) is 10.1 Å². The van der Waals surface area contributed by atoms with Gasteiger partial charge in [0.05, 0.1) is 20.7 Å². The molecule has 0 aliphatic heterocycles. The van der Waals surface area contributed by atoms with E-state index in [1.807, 2.05) is 0 Å². The van der Waals surface area contributed by atoms with Gasteiger partial charge in [-0.1, -0.05) is 28.3 Å². The molecule has 146 valence electrons. The van der Waals surface area contributed by atoms with Gasteiger partial charge in [0.25, 0.3) is 5.91 Å². The van der Waals surface area contributed by atoms with Crippen molar-refractivity contribution in [1.82, 2.24) is 10.2 Å². The maximum atomic E-state index is 12.3. The lowest BCUT2D eigenvalue weighted by atomic mass is 10.2. The number of nitrogens with zero attached hydrogens (tertiary/aromatic N) is 2. The molecule has 0 saturated carbocycles. The average Bonchev–Trinajstić information content (AvgIpc) is 3.10. The Labute approximate surface area is 171 Å². The lowest BCUT2D eigenvalue weighted by molar-refractivity contribution is 0.102. The lowest BCUT2D eigenvalue weighted by Crippen LogP contribution is -2.13. The Bertz CT molecular complexity index is 1130. The summed E-state index contributed by atoms with van der Waals surface area (Å²) in [7, 11) is -3.37. The number of aromatic nitrogens is 2. The first kappa shape index (κ1) is 20.3. The van der Waals surface area contributed by atoms with Gasteiger partial charge in [-0.15, -0.1) is 5.10 Å². The number of rotatable bonds is 5. The SMILES string of the molecule is CC(C)S(=O)(=O)c1ccc(-c2nnc(NC(=O)c3ccc(Cl)cc3Cl)o2)cc1. The molecule has 0 fully saturated rings. The van der Waals surface area contributed by atoms with Gasteiger partial charge in [0.1, 0.15) is 0 Å². The highest BCUT2D eigenvalue weighted by atomic mass is 35.5. The fourth-order valence-corrected chi connectivity index (χ4v) is 3.84. The quantitative estimate of drug-likeness (QED) is 0.628. The summed E-state index contributed by atoms with van der Waals surface area (Å²) in [5, 5.41) is 10.2. The molecule has 7 nitrogen and oxygen atoms in total. The van der Waals surface area contributed by atoms with Gasteiger partial charge in [0.15, 0.2) is 9.84 Å². The second-order valence-electron chi connectivity index (χ2n) is 6.11. The molecule has 0 radical (unpaired) electrons. The molecular formula is C18H15Cl2N3O4S. The Morgan fingerprint density at radius 2 is 1.75 bits per heavy atom. The highest BCUT2D eigenvalue weighted by Crippen LogP contribution is 2.25. The van der Waals surface area contributed by atoms with E-state index in [2.05, 4.69) is 15.5 Å². The van der Waals surface area contributed by atoms with E-state index in [9.17, 15) is 13.2 Å². The molecule has 28 heavy (non-hydrogen) atoms. The molecule has 0 atom stereocenters. The van der Waals surface area contributed by atoms with Crippen molar-refractivity contribution < 1.29 is 17.6 Å². The van der Waals surface area contributed by atoms with Crippen molar-refractivity contribution in [2.24, 2.45) is 0 Å². The summed E-state index contributed by atoms with van der Waals surface area (Å²) in [6.45, 7) is 3.23. The van der Waals surface area contributed by atoms with E-state index < -0.39 is 21.0 Å². The molecule has 2 aromatic carbocycles. The van der Waals surface area contributed by atoms with E-state index in [4.69, 9.17) is 27.6 Å². The molecule has 3 aromatic rings. The van der Waals surface area contributed by atoms with Crippen molar-refractivity contribution in [2.75, 3.05) is 5.32 Å². The van der Waals surface area contributed by atoms with Gasteiger partial charge in [0.2, 0.25) is 5.89 Å². The van der Waals surface area contributed by atoms with Crippen LogP contribution in [0.15, 0.2) is 51.8 Å². The summed E-state index contributed by atoms with van der Waals surface area (Å²) >= 11 is 11.8. The predicted octanol–water partition coefficient (Wildman–Crippen LogP) is 4.48. The van der Waals surface area contributed by atoms with Gasteiger partial charge in [-0.25, -0.2) is 8.42 Å². The van der Waals surface area contributed by atoms with Crippen LogP contribution in [0.3, 0.4) is 0 Å². The number of hydrogen-bond donors (Lipinski definition) is 1. The Balaban J connectivity index is 1.78. The molecular weight excluding hydrogens is 425 g/mol. The molecule has 1 amide bonds. The normalized spacial score (nSPS) is 11.6. The highest BCUT2D eigenvalue weighted by molar-refractivity contribution is 7.92. The van der Waals surface area contributed by atoms with Crippen molar-refractivity contribution in [1.29, 1.82) is 0 Å². The van der Waals surface area contributed by atoms with Crippen molar-refractivity contribution in [3.8, 4) is 11.5 Å². The number of carbonyl (C=O) groups excluding carboxylic acids is 1. The molecule has 0 bridgehead atoms. The molecule has 0 aliphatic carbocycles. The molecule has 0 saturated heterocycles. The summed E-state index contributed by atoms with van der Waals surface area (Å²) in [4.78, 5) is 12.5. The van der Waals surface area contributed by atoms with Crippen LogP contribution >= 0.6 is 23.2 Å². The molecule has 1 N–H and O–H groups in total. The number of hydrogen-bond acceptors (Lipinski definition) is 6. The summed E-state index contributed by atoms with van der Waals surface area (Å²) in [6, 6.07) is 10.4. The van der Waals surface area contributed by atoms with E-state index in [-0.39, 0.29) is 27.4 Å². The highest BCUT2D eigenvalue weighted by Gasteiger charge is 2.20. The number of carbonyl (C=O) groups is 1. The van der Waals surface area contributed by atoms with Crippen LogP contribution in [-0.2, 0) is 9.84 Å². The third-order valence-electron chi connectivity index (χ3n) is 3.87. The van der Waals surface area contributed by atoms with Crippen LogP contribution in [0, 0.1) is 0 Å². The third kappa shape index (κ3) is 4.19. The maximum Gasteiger partial charge on any atom is 0.322 e. The van der Waals surface area contributed by atoms with E-state index in [1.54, 1.807) is 26.0 Å². The van der Waals surface area contributed by atoms with Gasteiger partial charge in [-0.2, -0.15) is 0 Å². The van der Waals surface area contributed by atoms with Crippen LogP contribution in [0.25, 0.3) is 11.5 Å². The topological polar surface area (TPSA) is 102 Å². The largest absolute Gasteiger partial charge is 0.403 e. The average molecular weight is 440 g/mol. The van der Waals surface area contributed by atoms with Crippen LogP contribution < -0.4 is 5.32 Å². The summed E-state index contributed by atoms with van der Waals surface area (Å²) < 4.78 is 29.8. The van der Waals surface area contributed by atoms with Crippen molar-refractivity contribution >= 4 is 45.0 Å². The van der Waals surface area contributed by atoms with Gasteiger partial charge in [-0.05, 0) is 56.3 Å². The van der Waals surface area contributed by atoms with E-state index in [0.29, 0.717) is 10.6 Å². The van der Waals surface area contributed by atoms with Gasteiger partial charge < -0.3 is 4.42 Å². The van der Waals surface area contributed by atoms with Crippen LogP contribution in [0.1, 0.15) is 24.2 Å². The lowest BCUT2D eigenvalue weighted by Gasteiger charge is -2.07.